The van der Waals surface area contributed by atoms with Crippen molar-refractivity contribution in [2.45, 2.75) is 6.54 Å². The smallest absolute Gasteiger partial charge is 0.270 e. The first kappa shape index (κ1) is 13.6. The van der Waals surface area contributed by atoms with E-state index in [1.54, 1.807) is 24.5 Å². The highest BCUT2D eigenvalue weighted by Crippen LogP contribution is 2.16. The third kappa shape index (κ3) is 3.14. The highest BCUT2D eigenvalue weighted by atomic mass is 19.1. The lowest BCUT2D eigenvalue weighted by Gasteiger charge is -2.06. The van der Waals surface area contributed by atoms with Gasteiger partial charge in [-0.05, 0) is 17.7 Å². The largest absolute Gasteiger partial charge is 0.348 e. The number of nitrogens with one attached hydrogen (secondary N) is 1. The number of non-ortho nitro benzene ring substituents is 1. The molecule has 1 aromatic heterocycles. The van der Waals surface area contributed by atoms with Gasteiger partial charge in [-0.1, -0.05) is 6.07 Å². The van der Waals surface area contributed by atoms with E-state index < -0.39 is 16.6 Å². The Morgan fingerprint density at radius 1 is 1.40 bits per heavy atom. The van der Waals surface area contributed by atoms with Crippen molar-refractivity contribution in [3.63, 3.8) is 0 Å². The number of amides is 1. The number of pyridine rings is 1. The van der Waals surface area contributed by atoms with Gasteiger partial charge in [-0.2, -0.15) is 0 Å². The van der Waals surface area contributed by atoms with Crippen molar-refractivity contribution in [2.75, 3.05) is 0 Å². The summed E-state index contributed by atoms with van der Waals surface area (Å²) in [6.45, 7) is 0.162. The molecule has 0 aliphatic heterocycles. The average molecular weight is 275 g/mol. The molecule has 102 valence electrons. The predicted molar refractivity (Wildman–Crippen MR) is 68.5 cm³/mol. The highest BCUT2D eigenvalue weighted by molar-refractivity contribution is 5.95. The van der Waals surface area contributed by atoms with Crippen LogP contribution >= 0.6 is 0 Å². The van der Waals surface area contributed by atoms with E-state index in [9.17, 15) is 19.3 Å². The molecular weight excluding hydrogens is 265 g/mol. The predicted octanol–water partition coefficient (Wildman–Crippen LogP) is 2.06. The van der Waals surface area contributed by atoms with E-state index in [0.717, 1.165) is 23.8 Å². The molecule has 1 heterocycles. The van der Waals surface area contributed by atoms with E-state index >= 15 is 0 Å². The summed E-state index contributed by atoms with van der Waals surface area (Å²) in [5.41, 5.74) is 0.0488. The van der Waals surface area contributed by atoms with Gasteiger partial charge in [0.15, 0.2) is 0 Å². The minimum absolute atomic E-state index is 0.162. The zero-order chi connectivity index (χ0) is 14.5. The molecule has 0 unspecified atom stereocenters. The Bertz CT molecular complexity index is 647. The SMILES string of the molecule is O=C(NCc1cccnc1)c1cc([N+](=O)[O-])ccc1F. The third-order valence-corrected chi connectivity index (χ3v) is 2.58. The molecule has 0 bridgehead atoms. The Morgan fingerprint density at radius 3 is 2.85 bits per heavy atom. The summed E-state index contributed by atoms with van der Waals surface area (Å²) in [6, 6.07) is 6.27. The summed E-state index contributed by atoms with van der Waals surface area (Å²) in [4.78, 5) is 25.6. The van der Waals surface area contributed by atoms with Gasteiger partial charge < -0.3 is 5.32 Å². The number of hydrogen-bond acceptors (Lipinski definition) is 4. The standard InChI is InChI=1S/C13H10FN3O3/c14-12-4-3-10(17(19)20)6-11(12)13(18)16-8-9-2-1-5-15-7-9/h1-7H,8H2,(H,16,18). The average Bonchev–Trinajstić information content (AvgIpc) is 2.46. The van der Waals surface area contributed by atoms with Crippen LogP contribution in [0.3, 0.4) is 0 Å². The van der Waals surface area contributed by atoms with Crippen LogP contribution in [-0.4, -0.2) is 15.8 Å². The molecule has 0 saturated carbocycles. The summed E-state index contributed by atoms with van der Waals surface area (Å²) >= 11 is 0. The van der Waals surface area contributed by atoms with Gasteiger partial charge in [-0.25, -0.2) is 4.39 Å². The van der Waals surface area contributed by atoms with Crippen molar-refractivity contribution in [3.05, 3.63) is 69.8 Å². The number of nitro groups is 1. The van der Waals surface area contributed by atoms with Crippen molar-refractivity contribution >= 4 is 11.6 Å². The van der Waals surface area contributed by atoms with Crippen molar-refractivity contribution in [3.8, 4) is 0 Å². The van der Waals surface area contributed by atoms with Crippen LogP contribution in [0.2, 0.25) is 0 Å². The minimum atomic E-state index is -0.806. The number of carbonyl (C=O) groups is 1. The molecule has 1 N–H and O–H groups in total. The molecule has 0 radical (unpaired) electrons. The molecule has 0 aliphatic rings. The zero-order valence-corrected chi connectivity index (χ0v) is 10.2. The summed E-state index contributed by atoms with van der Waals surface area (Å²) in [5, 5.41) is 13.1. The molecule has 0 saturated heterocycles. The fraction of sp³-hybridized carbons (Fsp3) is 0.0769. The molecule has 1 amide bonds. The van der Waals surface area contributed by atoms with Crippen LogP contribution in [-0.2, 0) is 6.54 Å². The summed E-state index contributed by atoms with van der Waals surface area (Å²) < 4.78 is 13.5. The molecule has 2 rings (SSSR count). The van der Waals surface area contributed by atoms with Gasteiger partial charge in [0.2, 0.25) is 0 Å². The van der Waals surface area contributed by atoms with Crippen LogP contribution in [0, 0.1) is 15.9 Å². The van der Waals surface area contributed by atoms with Gasteiger partial charge in [0.25, 0.3) is 11.6 Å². The third-order valence-electron chi connectivity index (χ3n) is 2.58. The van der Waals surface area contributed by atoms with Gasteiger partial charge in [0.1, 0.15) is 5.82 Å². The summed E-state index contributed by atoms with van der Waals surface area (Å²) in [6.07, 6.45) is 3.15. The number of benzene rings is 1. The van der Waals surface area contributed by atoms with Gasteiger partial charge >= 0.3 is 0 Å². The van der Waals surface area contributed by atoms with Crippen molar-refractivity contribution in [2.24, 2.45) is 0 Å². The Labute approximate surface area is 113 Å². The van der Waals surface area contributed by atoms with Gasteiger partial charge in [0, 0.05) is 31.1 Å². The van der Waals surface area contributed by atoms with Crippen LogP contribution in [0.25, 0.3) is 0 Å². The first-order valence-electron chi connectivity index (χ1n) is 5.69. The van der Waals surface area contributed by atoms with Gasteiger partial charge in [0.05, 0.1) is 10.5 Å². The quantitative estimate of drug-likeness (QED) is 0.683. The molecule has 1 aromatic carbocycles. The highest BCUT2D eigenvalue weighted by Gasteiger charge is 2.16. The maximum absolute atomic E-state index is 13.5. The first-order valence-corrected chi connectivity index (χ1v) is 5.69. The van der Waals surface area contributed by atoms with E-state index in [1.807, 2.05) is 0 Å². The van der Waals surface area contributed by atoms with Crippen LogP contribution in [0.4, 0.5) is 10.1 Å². The lowest BCUT2D eigenvalue weighted by Crippen LogP contribution is -2.24. The normalized spacial score (nSPS) is 10.1. The van der Waals surface area contributed by atoms with Gasteiger partial charge in [-0.3, -0.25) is 19.9 Å². The molecule has 0 aliphatic carbocycles. The molecule has 6 nitrogen and oxygen atoms in total. The first-order chi connectivity index (χ1) is 9.58. The maximum atomic E-state index is 13.5. The second kappa shape index (κ2) is 5.87. The Kier molecular flexibility index (Phi) is 3.99. The minimum Gasteiger partial charge on any atom is -0.348 e. The van der Waals surface area contributed by atoms with Crippen molar-refractivity contribution < 1.29 is 14.1 Å². The van der Waals surface area contributed by atoms with E-state index in [2.05, 4.69) is 10.3 Å². The van der Waals surface area contributed by atoms with E-state index in [1.165, 1.54) is 0 Å². The fourth-order valence-corrected chi connectivity index (χ4v) is 1.58. The molecule has 0 spiro atoms. The zero-order valence-electron chi connectivity index (χ0n) is 10.2. The van der Waals surface area contributed by atoms with Crippen LogP contribution in [0.15, 0.2) is 42.7 Å². The number of nitro benzene ring substituents is 1. The number of halogens is 1. The topological polar surface area (TPSA) is 85.1 Å². The number of aromatic nitrogens is 1. The second-order valence-corrected chi connectivity index (χ2v) is 3.97. The number of rotatable bonds is 4. The lowest BCUT2D eigenvalue weighted by atomic mass is 10.1. The molecule has 0 atom stereocenters. The van der Waals surface area contributed by atoms with E-state index in [0.29, 0.717) is 0 Å². The molecular formula is C13H10FN3O3. The second-order valence-electron chi connectivity index (χ2n) is 3.97. The summed E-state index contributed by atoms with van der Waals surface area (Å²) in [7, 11) is 0. The van der Waals surface area contributed by atoms with Crippen molar-refractivity contribution in [1.29, 1.82) is 0 Å². The van der Waals surface area contributed by atoms with Crippen LogP contribution in [0.1, 0.15) is 15.9 Å². The molecule has 2 aromatic rings. The van der Waals surface area contributed by atoms with E-state index in [4.69, 9.17) is 0 Å². The number of hydrogen-bond donors (Lipinski definition) is 1. The van der Waals surface area contributed by atoms with Gasteiger partial charge in [-0.15, -0.1) is 0 Å². The maximum Gasteiger partial charge on any atom is 0.270 e. The molecule has 7 heteroatoms. The Hall–Kier alpha value is -2.83. The fourth-order valence-electron chi connectivity index (χ4n) is 1.58. The lowest BCUT2D eigenvalue weighted by molar-refractivity contribution is -0.384. The Balaban J connectivity index is 2.13. The number of carbonyl (C=O) groups excluding carboxylic acids is 1. The Morgan fingerprint density at radius 2 is 2.20 bits per heavy atom. The van der Waals surface area contributed by atoms with Crippen molar-refractivity contribution in [1.82, 2.24) is 10.3 Å². The van der Waals surface area contributed by atoms with E-state index in [-0.39, 0.29) is 17.8 Å². The van der Waals surface area contributed by atoms with Crippen LogP contribution < -0.4 is 5.32 Å². The monoisotopic (exact) mass is 275 g/mol. The number of nitrogens with zero attached hydrogens (tertiary/aromatic N) is 2. The summed E-state index contributed by atoms with van der Waals surface area (Å²) in [5.74, 6) is -1.52. The molecule has 0 fully saturated rings. The molecule has 20 heavy (non-hydrogen) atoms. The van der Waals surface area contributed by atoms with Crippen LogP contribution in [0.5, 0.6) is 0 Å².